The Bertz CT molecular complexity index is 1700. The van der Waals surface area contributed by atoms with Crippen LogP contribution in [0.25, 0.3) is 0 Å². The van der Waals surface area contributed by atoms with Crippen LogP contribution in [0.15, 0.2) is 114 Å². The molecule has 4 aromatic rings. The minimum atomic E-state index is -4.43. The molecule has 0 aliphatic heterocycles. The molecule has 1 N–H and O–H groups in total. The summed E-state index contributed by atoms with van der Waals surface area (Å²) in [6.45, 7) is -1.17. The van der Waals surface area contributed by atoms with Gasteiger partial charge in [0.25, 0.3) is 15.7 Å². The van der Waals surface area contributed by atoms with Gasteiger partial charge in [0.15, 0.2) is 0 Å². The molecular weight excluding hydrogens is 575 g/mol. The molecular formula is C31H29FN4O6S. The van der Waals surface area contributed by atoms with Crippen molar-refractivity contribution in [2.45, 2.75) is 23.9 Å². The first-order valence-corrected chi connectivity index (χ1v) is 14.7. The molecule has 0 bridgehead atoms. The lowest BCUT2D eigenvalue weighted by atomic mass is 10.0. The molecule has 2 amide bonds. The van der Waals surface area contributed by atoms with Crippen LogP contribution in [0.3, 0.4) is 0 Å². The average Bonchev–Trinajstić information content (AvgIpc) is 3.02. The number of carbonyl (C=O) groups excluding carboxylic acids is 2. The molecule has 4 rings (SSSR count). The monoisotopic (exact) mass is 604 g/mol. The summed E-state index contributed by atoms with van der Waals surface area (Å²) in [4.78, 5) is 39.2. The van der Waals surface area contributed by atoms with Gasteiger partial charge in [0.2, 0.25) is 11.8 Å². The number of amides is 2. The fourth-order valence-electron chi connectivity index (χ4n) is 4.54. The number of likely N-dealkylation sites (N-methyl/N-ethyl adjacent to an activating group) is 1. The van der Waals surface area contributed by atoms with E-state index in [0.29, 0.717) is 0 Å². The second-order valence-electron chi connectivity index (χ2n) is 9.53. The standard InChI is InChI=1S/C31H29FN4O6S/c1-33-31(38)29(19-23-11-4-2-5-12-23)34(21-24-13-8-9-18-28(24)32)30(37)22-35(25-14-10-15-26(20-25)36(39)40)43(41,42)27-16-6-3-7-17-27/h2-18,20,29H,19,21-22H2,1H3,(H,33,38)/t29-/m1/s1. The minimum absolute atomic E-state index is 0.0585. The van der Waals surface area contributed by atoms with Gasteiger partial charge in [0, 0.05) is 37.7 Å². The average molecular weight is 605 g/mol. The number of nitrogens with zero attached hydrogens (tertiary/aromatic N) is 3. The van der Waals surface area contributed by atoms with Gasteiger partial charge < -0.3 is 10.2 Å². The third kappa shape index (κ3) is 7.41. The maximum atomic E-state index is 14.8. The second kappa shape index (κ2) is 13.7. The Morgan fingerprint density at radius 2 is 1.53 bits per heavy atom. The highest BCUT2D eigenvalue weighted by atomic mass is 32.2. The Morgan fingerprint density at radius 3 is 2.16 bits per heavy atom. The van der Waals surface area contributed by atoms with Crippen molar-refractivity contribution in [3.63, 3.8) is 0 Å². The lowest BCUT2D eigenvalue weighted by Gasteiger charge is -2.33. The van der Waals surface area contributed by atoms with Gasteiger partial charge in [-0.1, -0.05) is 72.8 Å². The summed E-state index contributed by atoms with van der Waals surface area (Å²) in [6, 6.07) is 25.7. The van der Waals surface area contributed by atoms with Crippen molar-refractivity contribution >= 4 is 33.2 Å². The maximum Gasteiger partial charge on any atom is 0.271 e. The first-order chi connectivity index (χ1) is 20.6. The lowest BCUT2D eigenvalue weighted by Crippen LogP contribution is -2.53. The molecule has 0 saturated heterocycles. The van der Waals surface area contributed by atoms with Gasteiger partial charge in [-0.15, -0.1) is 0 Å². The topological polar surface area (TPSA) is 130 Å². The Hall–Kier alpha value is -5.10. The number of nitro groups is 1. The number of benzene rings is 4. The van der Waals surface area contributed by atoms with E-state index in [-0.39, 0.29) is 34.8 Å². The number of anilines is 1. The zero-order valence-electron chi connectivity index (χ0n) is 23.2. The van der Waals surface area contributed by atoms with E-state index in [1.807, 2.05) is 0 Å². The number of nitro benzene ring substituents is 1. The molecule has 0 unspecified atom stereocenters. The number of nitrogens with one attached hydrogen (secondary N) is 1. The maximum absolute atomic E-state index is 14.8. The number of non-ortho nitro benzene ring substituents is 1. The molecule has 12 heteroatoms. The predicted molar refractivity (Wildman–Crippen MR) is 159 cm³/mol. The van der Waals surface area contributed by atoms with Crippen LogP contribution in [0.1, 0.15) is 11.1 Å². The van der Waals surface area contributed by atoms with Gasteiger partial charge in [0.05, 0.1) is 15.5 Å². The van der Waals surface area contributed by atoms with Gasteiger partial charge in [-0.25, -0.2) is 12.8 Å². The van der Waals surface area contributed by atoms with E-state index in [4.69, 9.17) is 0 Å². The van der Waals surface area contributed by atoms with Crippen LogP contribution in [0.5, 0.6) is 0 Å². The molecule has 0 fully saturated rings. The number of carbonyl (C=O) groups is 2. The van der Waals surface area contributed by atoms with E-state index >= 15 is 0 Å². The quantitative estimate of drug-likeness (QED) is 0.189. The van der Waals surface area contributed by atoms with Gasteiger partial charge in [-0.2, -0.15) is 0 Å². The Labute approximate surface area is 248 Å². The SMILES string of the molecule is CNC(=O)[C@@H](Cc1ccccc1)N(Cc1ccccc1F)C(=O)CN(c1cccc([N+](=O)[O-])c1)S(=O)(=O)c1ccccc1. The summed E-state index contributed by atoms with van der Waals surface area (Å²) in [5, 5.41) is 14.1. The Balaban J connectivity index is 1.82. The predicted octanol–water partition coefficient (Wildman–Crippen LogP) is 4.32. The van der Waals surface area contributed by atoms with Crippen LogP contribution in [0.2, 0.25) is 0 Å². The van der Waals surface area contributed by atoms with Crippen molar-refractivity contribution in [3.8, 4) is 0 Å². The fraction of sp³-hybridized carbons (Fsp3) is 0.161. The van der Waals surface area contributed by atoms with E-state index in [2.05, 4.69) is 5.32 Å². The number of rotatable bonds is 12. The van der Waals surface area contributed by atoms with Crippen molar-refractivity contribution in [2.24, 2.45) is 0 Å². The number of sulfonamides is 1. The van der Waals surface area contributed by atoms with Crippen molar-refractivity contribution in [3.05, 3.63) is 136 Å². The zero-order chi connectivity index (χ0) is 31.0. The van der Waals surface area contributed by atoms with E-state index in [9.17, 15) is 32.5 Å². The Morgan fingerprint density at radius 1 is 0.907 bits per heavy atom. The molecule has 0 radical (unpaired) electrons. The zero-order valence-corrected chi connectivity index (χ0v) is 24.0. The van der Waals surface area contributed by atoms with Gasteiger partial charge >= 0.3 is 0 Å². The van der Waals surface area contributed by atoms with Crippen LogP contribution >= 0.6 is 0 Å². The molecule has 0 aliphatic rings. The minimum Gasteiger partial charge on any atom is -0.357 e. The van der Waals surface area contributed by atoms with Crippen LogP contribution in [-0.4, -0.2) is 49.7 Å². The second-order valence-corrected chi connectivity index (χ2v) is 11.4. The number of halogens is 1. The third-order valence-electron chi connectivity index (χ3n) is 6.75. The summed E-state index contributed by atoms with van der Waals surface area (Å²) >= 11 is 0. The first-order valence-electron chi connectivity index (χ1n) is 13.2. The fourth-order valence-corrected chi connectivity index (χ4v) is 5.97. The molecule has 43 heavy (non-hydrogen) atoms. The molecule has 0 saturated carbocycles. The largest absolute Gasteiger partial charge is 0.357 e. The number of hydrogen-bond donors (Lipinski definition) is 1. The first kappa shape index (κ1) is 30.8. The highest BCUT2D eigenvalue weighted by Gasteiger charge is 2.35. The van der Waals surface area contributed by atoms with Crippen molar-refractivity contribution in [1.82, 2.24) is 10.2 Å². The van der Waals surface area contributed by atoms with E-state index in [1.54, 1.807) is 42.5 Å². The molecule has 10 nitrogen and oxygen atoms in total. The molecule has 222 valence electrons. The van der Waals surface area contributed by atoms with Crippen molar-refractivity contribution in [2.75, 3.05) is 17.9 Å². The molecule has 0 aliphatic carbocycles. The highest BCUT2D eigenvalue weighted by molar-refractivity contribution is 7.92. The van der Waals surface area contributed by atoms with Gasteiger partial charge in [0.1, 0.15) is 18.4 Å². The summed E-state index contributed by atoms with van der Waals surface area (Å²) < 4.78 is 43.4. The molecule has 0 heterocycles. The van der Waals surface area contributed by atoms with E-state index in [1.165, 1.54) is 67.7 Å². The van der Waals surface area contributed by atoms with Crippen LogP contribution in [0, 0.1) is 15.9 Å². The summed E-state index contributed by atoms with van der Waals surface area (Å²) in [6.07, 6.45) is 0.0585. The van der Waals surface area contributed by atoms with Crippen LogP contribution in [0.4, 0.5) is 15.8 Å². The third-order valence-corrected chi connectivity index (χ3v) is 8.54. The molecule has 4 aromatic carbocycles. The molecule has 0 aromatic heterocycles. The normalized spacial score (nSPS) is 11.8. The molecule has 0 spiro atoms. The summed E-state index contributed by atoms with van der Waals surface area (Å²) in [7, 11) is -3.02. The Kier molecular flexibility index (Phi) is 9.83. The van der Waals surface area contributed by atoms with E-state index in [0.717, 1.165) is 20.8 Å². The van der Waals surface area contributed by atoms with Crippen molar-refractivity contribution < 1.29 is 27.3 Å². The van der Waals surface area contributed by atoms with E-state index < -0.39 is 45.2 Å². The summed E-state index contributed by atoms with van der Waals surface area (Å²) in [5.74, 6) is -1.97. The van der Waals surface area contributed by atoms with Crippen LogP contribution in [-0.2, 0) is 32.6 Å². The van der Waals surface area contributed by atoms with Gasteiger partial charge in [-0.05, 0) is 29.8 Å². The number of hydrogen-bond acceptors (Lipinski definition) is 6. The highest BCUT2D eigenvalue weighted by Crippen LogP contribution is 2.28. The van der Waals surface area contributed by atoms with Crippen molar-refractivity contribution in [1.29, 1.82) is 0 Å². The van der Waals surface area contributed by atoms with Gasteiger partial charge in [-0.3, -0.25) is 24.0 Å². The lowest BCUT2D eigenvalue weighted by molar-refractivity contribution is -0.384. The van der Waals surface area contributed by atoms with Crippen LogP contribution < -0.4 is 9.62 Å². The smallest absolute Gasteiger partial charge is 0.271 e. The molecule has 1 atom stereocenters. The summed E-state index contributed by atoms with van der Waals surface area (Å²) in [5.41, 5.74) is 0.325.